The van der Waals surface area contributed by atoms with Crippen LogP contribution in [0.25, 0.3) is 0 Å². The first kappa shape index (κ1) is 12.2. The Bertz CT molecular complexity index is 640. The number of aromatic amines is 1. The van der Waals surface area contributed by atoms with Crippen molar-refractivity contribution >= 4 is 21.6 Å². The highest BCUT2D eigenvalue weighted by Gasteiger charge is 2.44. The van der Waals surface area contributed by atoms with Gasteiger partial charge in [-0.1, -0.05) is 11.6 Å². The number of hydrogen-bond acceptors (Lipinski definition) is 3. The molecule has 2 unspecified atom stereocenters. The van der Waals surface area contributed by atoms with Gasteiger partial charge < -0.3 is 4.98 Å². The molecule has 0 amide bonds. The predicted molar refractivity (Wildman–Crippen MR) is 67.1 cm³/mol. The van der Waals surface area contributed by atoms with Gasteiger partial charge >= 0.3 is 0 Å². The molecule has 0 spiro atoms. The van der Waals surface area contributed by atoms with E-state index in [4.69, 9.17) is 11.6 Å². The highest BCUT2D eigenvalue weighted by Crippen LogP contribution is 2.40. The monoisotopic (exact) mass is 288 g/mol. The van der Waals surface area contributed by atoms with Crippen molar-refractivity contribution in [2.75, 3.05) is 6.54 Å². The lowest BCUT2D eigenvalue weighted by atomic mass is 10.1. The molecule has 2 fully saturated rings. The van der Waals surface area contributed by atoms with Gasteiger partial charge in [0.2, 0.25) is 10.0 Å². The smallest absolute Gasteiger partial charge is 0.266 e. The standard InChI is InChI=1S/C11H13ClN2O3S/c12-10-4-9(5-13-11(10)15)18(16,17)14-6-7-1-2-8(14)3-7/h4-5,7-8H,1-3,6H2,(H,13,15). The summed E-state index contributed by atoms with van der Waals surface area (Å²) in [6, 6.07) is 1.34. The summed E-state index contributed by atoms with van der Waals surface area (Å²) in [5, 5.41) is -0.0968. The molecule has 1 aromatic rings. The zero-order valence-corrected chi connectivity index (χ0v) is 11.2. The Morgan fingerprint density at radius 1 is 1.39 bits per heavy atom. The van der Waals surface area contributed by atoms with Crippen molar-refractivity contribution in [1.29, 1.82) is 0 Å². The molecule has 1 saturated heterocycles. The second-order valence-corrected chi connectivity index (χ2v) is 7.22. The van der Waals surface area contributed by atoms with Crippen LogP contribution in [-0.4, -0.2) is 30.3 Å². The summed E-state index contributed by atoms with van der Waals surface area (Å²) in [6.07, 6.45) is 4.22. The summed E-state index contributed by atoms with van der Waals surface area (Å²) >= 11 is 5.68. The molecule has 0 aromatic carbocycles. The minimum Gasteiger partial charge on any atom is -0.326 e. The van der Waals surface area contributed by atoms with E-state index in [1.807, 2.05) is 0 Å². The number of H-pyrrole nitrogens is 1. The minimum absolute atomic E-state index is 0.0691. The number of piperidine rings is 1. The number of halogens is 1. The third-order valence-corrected chi connectivity index (χ3v) is 5.97. The van der Waals surface area contributed by atoms with E-state index in [-0.39, 0.29) is 16.0 Å². The van der Waals surface area contributed by atoms with Crippen LogP contribution in [0.1, 0.15) is 19.3 Å². The van der Waals surface area contributed by atoms with Crippen LogP contribution in [0.15, 0.2) is 22.0 Å². The average molecular weight is 289 g/mol. The van der Waals surface area contributed by atoms with Crippen LogP contribution >= 0.6 is 11.6 Å². The summed E-state index contributed by atoms with van der Waals surface area (Å²) in [5.74, 6) is 0.489. The molecule has 2 bridgehead atoms. The summed E-state index contributed by atoms with van der Waals surface area (Å²) in [7, 11) is -3.53. The van der Waals surface area contributed by atoms with E-state index in [0.717, 1.165) is 19.3 Å². The molecule has 2 heterocycles. The summed E-state index contributed by atoms with van der Waals surface area (Å²) in [6.45, 7) is 0.587. The number of aromatic nitrogens is 1. The van der Waals surface area contributed by atoms with Gasteiger partial charge in [-0.2, -0.15) is 4.31 Å². The lowest BCUT2D eigenvalue weighted by molar-refractivity contribution is 0.333. The first-order valence-corrected chi connectivity index (χ1v) is 7.70. The fourth-order valence-electron chi connectivity index (χ4n) is 2.90. The van der Waals surface area contributed by atoms with Crippen molar-refractivity contribution in [3.05, 3.63) is 27.6 Å². The van der Waals surface area contributed by atoms with Crippen molar-refractivity contribution in [3.63, 3.8) is 0 Å². The molecule has 3 rings (SSSR count). The van der Waals surface area contributed by atoms with E-state index < -0.39 is 15.6 Å². The van der Waals surface area contributed by atoms with E-state index in [2.05, 4.69) is 4.98 Å². The van der Waals surface area contributed by atoms with Gasteiger partial charge in [-0.15, -0.1) is 0 Å². The average Bonchev–Trinajstić information content (AvgIpc) is 2.94. The number of pyridine rings is 1. The maximum Gasteiger partial charge on any atom is 0.266 e. The van der Waals surface area contributed by atoms with Crippen molar-refractivity contribution in [2.45, 2.75) is 30.2 Å². The molecule has 2 atom stereocenters. The molecular formula is C11H13ClN2O3S. The maximum atomic E-state index is 12.4. The van der Waals surface area contributed by atoms with Crippen molar-refractivity contribution in [3.8, 4) is 0 Å². The maximum absolute atomic E-state index is 12.4. The highest BCUT2D eigenvalue weighted by molar-refractivity contribution is 7.89. The van der Waals surface area contributed by atoms with Gasteiger partial charge in [0.15, 0.2) is 0 Å². The van der Waals surface area contributed by atoms with Crippen molar-refractivity contribution < 1.29 is 8.42 Å². The second kappa shape index (κ2) is 4.08. The Morgan fingerprint density at radius 3 is 2.72 bits per heavy atom. The van der Waals surface area contributed by atoms with Gasteiger partial charge in [0, 0.05) is 18.8 Å². The predicted octanol–water partition coefficient (Wildman–Crippen LogP) is 1.20. The molecule has 0 radical (unpaired) electrons. The lowest BCUT2D eigenvalue weighted by Crippen LogP contribution is -2.37. The molecule has 7 heteroatoms. The first-order chi connectivity index (χ1) is 8.48. The third-order valence-electron chi connectivity index (χ3n) is 3.80. The van der Waals surface area contributed by atoms with E-state index >= 15 is 0 Å². The number of hydrogen-bond donors (Lipinski definition) is 1. The van der Waals surface area contributed by atoms with Gasteiger partial charge in [-0.25, -0.2) is 8.42 Å². The Kier molecular flexibility index (Phi) is 2.76. The zero-order chi connectivity index (χ0) is 12.9. The van der Waals surface area contributed by atoms with Gasteiger partial charge in [-0.05, 0) is 31.2 Å². The molecule has 1 aliphatic heterocycles. The van der Waals surface area contributed by atoms with Gasteiger partial charge in [0.1, 0.15) is 5.02 Å². The Balaban J connectivity index is 1.99. The summed E-state index contributed by atoms with van der Waals surface area (Å²) in [5.41, 5.74) is -0.474. The Hall–Kier alpha value is -0.850. The van der Waals surface area contributed by atoms with Gasteiger partial charge in [-0.3, -0.25) is 4.79 Å². The quantitative estimate of drug-likeness (QED) is 0.889. The molecule has 1 aliphatic carbocycles. The van der Waals surface area contributed by atoms with Crippen molar-refractivity contribution in [1.82, 2.24) is 9.29 Å². The molecule has 1 saturated carbocycles. The fourth-order valence-corrected chi connectivity index (χ4v) is 4.87. The minimum atomic E-state index is -3.53. The largest absolute Gasteiger partial charge is 0.326 e. The van der Waals surface area contributed by atoms with Crippen LogP contribution in [0.3, 0.4) is 0 Å². The third kappa shape index (κ3) is 1.79. The second-order valence-electron chi connectivity index (χ2n) is 4.92. The molecule has 18 heavy (non-hydrogen) atoms. The first-order valence-electron chi connectivity index (χ1n) is 5.88. The topological polar surface area (TPSA) is 70.2 Å². The van der Waals surface area contributed by atoms with E-state index in [0.29, 0.717) is 12.5 Å². The summed E-state index contributed by atoms with van der Waals surface area (Å²) in [4.78, 5) is 13.6. The number of sulfonamides is 1. The van der Waals surface area contributed by atoms with Crippen molar-refractivity contribution in [2.24, 2.45) is 5.92 Å². The number of nitrogens with zero attached hydrogens (tertiary/aromatic N) is 1. The fraction of sp³-hybridized carbons (Fsp3) is 0.545. The van der Waals surface area contributed by atoms with Crippen LogP contribution in [-0.2, 0) is 10.0 Å². The van der Waals surface area contributed by atoms with E-state index in [1.54, 1.807) is 4.31 Å². The molecule has 1 N–H and O–H groups in total. The van der Waals surface area contributed by atoms with Crippen LogP contribution in [0.4, 0.5) is 0 Å². The molecular weight excluding hydrogens is 276 g/mol. The molecule has 2 aliphatic rings. The molecule has 5 nitrogen and oxygen atoms in total. The van der Waals surface area contributed by atoms with Crippen LogP contribution < -0.4 is 5.56 Å². The Morgan fingerprint density at radius 2 is 2.17 bits per heavy atom. The van der Waals surface area contributed by atoms with Crippen LogP contribution in [0.5, 0.6) is 0 Å². The Labute approximate surface area is 110 Å². The highest BCUT2D eigenvalue weighted by atomic mass is 35.5. The van der Waals surface area contributed by atoms with Gasteiger partial charge in [0.25, 0.3) is 5.56 Å². The van der Waals surface area contributed by atoms with E-state index in [9.17, 15) is 13.2 Å². The SMILES string of the molecule is O=c1[nH]cc(S(=O)(=O)N2CC3CCC2C3)cc1Cl. The lowest BCUT2D eigenvalue weighted by Gasteiger charge is -2.25. The number of nitrogens with one attached hydrogen (secondary N) is 1. The summed E-state index contributed by atoms with van der Waals surface area (Å²) < 4.78 is 26.4. The zero-order valence-electron chi connectivity index (χ0n) is 9.60. The van der Waals surface area contributed by atoms with E-state index in [1.165, 1.54) is 12.3 Å². The van der Waals surface area contributed by atoms with Crippen LogP contribution in [0, 0.1) is 5.92 Å². The van der Waals surface area contributed by atoms with Crippen LogP contribution in [0.2, 0.25) is 5.02 Å². The normalized spacial score (nSPS) is 27.8. The number of rotatable bonds is 2. The molecule has 98 valence electrons. The van der Waals surface area contributed by atoms with Gasteiger partial charge in [0.05, 0.1) is 4.90 Å². The molecule has 1 aromatic heterocycles. The number of fused-ring (bicyclic) bond motifs is 2.